The van der Waals surface area contributed by atoms with Crippen LogP contribution in [-0.4, -0.2) is 17.2 Å². The molecule has 1 aromatic heterocycles. The first kappa shape index (κ1) is 16.9. The number of halogens is 2. The highest BCUT2D eigenvalue weighted by Gasteiger charge is 2.15. The van der Waals surface area contributed by atoms with Crippen LogP contribution in [0.5, 0.6) is 0 Å². The summed E-state index contributed by atoms with van der Waals surface area (Å²) in [6.45, 7) is 5.40. The van der Waals surface area contributed by atoms with E-state index in [-0.39, 0.29) is 18.2 Å². The van der Waals surface area contributed by atoms with Crippen molar-refractivity contribution < 1.29 is 18.1 Å². The van der Waals surface area contributed by atoms with E-state index in [1.807, 2.05) is 20.8 Å². The van der Waals surface area contributed by atoms with Crippen molar-refractivity contribution in [1.82, 2.24) is 15.8 Å². The number of aryl methyl sites for hydroxylation is 2. The van der Waals surface area contributed by atoms with E-state index in [0.717, 1.165) is 35.2 Å². The molecule has 1 unspecified atom stereocenters. The van der Waals surface area contributed by atoms with Crippen molar-refractivity contribution in [1.29, 1.82) is 0 Å². The molecule has 0 saturated heterocycles. The Kier molecular flexibility index (Phi) is 5.31. The lowest BCUT2D eigenvalue weighted by Gasteiger charge is -2.14. The lowest BCUT2D eigenvalue weighted by atomic mass is 10.1. The molecule has 1 heterocycles. The fourth-order valence-corrected chi connectivity index (χ4v) is 2.28. The van der Waals surface area contributed by atoms with Crippen molar-refractivity contribution in [3.05, 3.63) is 52.4 Å². The third-order valence-electron chi connectivity index (χ3n) is 3.52. The Labute approximate surface area is 133 Å². The average molecular weight is 323 g/mol. The Morgan fingerprint density at radius 1 is 1.35 bits per heavy atom. The van der Waals surface area contributed by atoms with Gasteiger partial charge in [0, 0.05) is 23.7 Å². The molecule has 124 valence electrons. The van der Waals surface area contributed by atoms with E-state index in [1.54, 1.807) is 0 Å². The summed E-state index contributed by atoms with van der Waals surface area (Å²) in [4.78, 5) is 11.8. The largest absolute Gasteiger partial charge is 0.361 e. The quantitative estimate of drug-likeness (QED) is 0.889. The second-order valence-corrected chi connectivity index (χ2v) is 5.47. The zero-order valence-corrected chi connectivity index (χ0v) is 13.2. The molecule has 7 heteroatoms. The molecular weight excluding hydrogens is 304 g/mol. The van der Waals surface area contributed by atoms with Gasteiger partial charge in [0.25, 0.3) is 0 Å². The second kappa shape index (κ2) is 7.21. The van der Waals surface area contributed by atoms with E-state index in [9.17, 15) is 13.6 Å². The highest BCUT2D eigenvalue weighted by atomic mass is 19.1. The fraction of sp³-hybridized carbons (Fsp3) is 0.375. The number of benzene rings is 1. The first-order chi connectivity index (χ1) is 10.9. The number of hydrogen-bond acceptors (Lipinski definition) is 3. The number of carbonyl (C=O) groups excluding carboxylic acids is 1. The lowest BCUT2D eigenvalue weighted by Crippen LogP contribution is -2.41. The number of amides is 2. The topological polar surface area (TPSA) is 67.2 Å². The van der Waals surface area contributed by atoms with Crippen molar-refractivity contribution in [2.24, 2.45) is 0 Å². The molecular formula is C16H19F2N3O2. The van der Waals surface area contributed by atoms with Crippen LogP contribution in [0.3, 0.4) is 0 Å². The van der Waals surface area contributed by atoms with Crippen molar-refractivity contribution in [2.75, 3.05) is 0 Å². The Hall–Kier alpha value is -2.44. The predicted molar refractivity (Wildman–Crippen MR) is 80.9 cm³/mol. The Morgan fingerprint density at radius 3 is 2.74 bits per heavy atom. The molecule has 2 amide bonds. The number of nitrogens with zero attached hydrogens (tertiary/aromatic N) is 1. The van der Waals surface area contributed by atoms with Gasteiger partial charge in [0.15, 0.2) is 0 Å². The summed E-state index contributed by atoms with van der Waals surface area (Å²) in [7, 11) is 0. The number of hydrogen-bond donors (Lipinski definition) is 2. The van der Waals surface area contributed by atoms with E-state index in [0.29, 0.717) is 6.42 Å². The van der Waals surface area contributed by atoms with Crippen molar-refractivity contribution in [2.45, 2.75) is 39.8 Å². The standard InChI is InChI=1S/C16H19F2N3O2/c1-9(6-14-10(2)21-23-11(14)3)20-16(22)19-8-12-7-13(17)4-5-15(12)18/h4-5,7,9H,6,8H2,1-3H3,(H2,19,20,22). The van der Waals surface area contributed by atoms with Crippen LogP contribution >= 0.6 is 0 Å². The maximum Gasteiger partial charge on any atom is 0.315 e. The van der Waals surface area contributed by atoms with Gasteiger partial charge in [-0.25, -0.2) is 13.6 Å². The molecule has 1 aromatic carbocycles. The Balaban J connectivity index is 1.86. The first-order valence-electron chi connectivity index (χ1n) is 7.27. The zero-order chi connectivity index (χ0) is 17.0. The monoisotopic (exact) mass is 323 g/mol. The molecule has 0 radical (unpaired) electrons. The second-order valence-electron chi connectivity index (χ2n) is 5.47. The maximum atomic E-state index is 13.5. The van der Waals surface area contributed by atoms with Crippen LogP contribution in [0.1, 0.15) is 29.5 Å². The van der Waals surface area contributed by atoms with Gasteiger partial charge < -0.3 is 15.2 Å². The van der Waals surface area contributed by atoms with Gasteiger partial charge in [-0.05, 0) is 45.4 Å². The smallest absolute Gasteiger partial charge is 0.315 e. The molecule has 2 N–H and O–H groups in total. The Bertz CT molecular complexity index is 681. The maximum absolute atomic E-state index is 13.5. The van der Waals surface area contributed by atoms with Gasteiger partial charge in [0.2, 0.25) is 0 Å². The molecule has 0 aliphatic heterocycles. The van der Waals surface area contributed by atoms with Crippen LogP contribution in [0.4, 0.5) is 13.6 Å². The summed E-state index contributed by atoms with van der Waals surface area (Å²) < 4.78 is 31.6. The van der Waals surface area contributed by atoms with Gasteiger partial charge in [0.05, 0.1) is 5.69 Å². The molecule has 0 aliphatic carbocycles. The molecule has 5 nitrogen and oxygen atoms in total. The first-order valence-corrected chi connectivity index (χ1v) is 7.27. The number of aromatic nitrogens is 1. The molecule has 2 rings (SSSR count). The van der Waals surface area contributed by atoms with Crippen LogP contribution in [0.2, 0.25) is 0 Å². The number of rotatable bonds is 5. The van der Waals surface area contributed by atoms with Crippen LogP contribution < -0.4 is 10.6 Å². The molecule has 1 atom stereocenters. The van der Waals surface area contributed by atoms with Gasteiger partial charge in [-0.15, -0.1) is 0 Å². The van der Waals surface area contributed by atoms with E-state index in [4.69, 9.17) is 4.52 Å². The van der Waals surface area contributed by atoms with E-state index in [1.165, 1.54) is 0 Å². The van der Waals surface area contributed by atoms with Gasteiger partial charge in [-0.1, -0.05) is 5.16 Å². The highest BCUT2D eigenvalue weighted by Crippen LogP contribution is 2.14. The van der Waals surface area contributed by atoms with E-state index >= 15 is 0 Å². The summed E-state index contributed by atoms with van der Waals surface area (Å²) in [6, 6.07) is 2.51. The lowest BCUT2D eigenvalue weighted by molar-refractivity contribution is 0.237. The molecule has 23 heavy (non-hydrogen) atoms. The van der Waals surface area contributed by atoms with Gasteiger partial charge in [0.1, 0.15) is 17.4 Å². The summed E-state index contributed by atoms with van der Waals surface area (Å²) in [5, 5.41) is 9.11. The predicted octanol–water partition coefficient (Wildman–Crippen LogP) is 3.00. The average Bonchev–Trinajstić information content (AvgIpc) is 2.80. The van der Waals surface area contributed by atoms with Crippen LogP contribution in [0.15, 0.2) is 22.7 Å². The SMILES string of the molecule is Cc1noc(C)c1CC(C)NC(=O)NCc1cc(F)ccc1F. The van der Waals surface area contributed by atoms with Crippen LogP contribution in [0, 0.1) is 25.5 Å². The van der Waals surface area contributed by atoms with Gasteiger partial charge in [-0.2, -0.15) is 0 Å². The molecule has 0 saturated carbocycles. The minimum atomic E-state index is -0.560. The third kappa shape index (κ3) is 4.51. The Morgan fingerprint density at radius 2 is 2.09 bits per heavy atom. The normalized spacial score (nSPS) is 12.0. The summed E-state index contributed by atoms with van der Waals surface area (Å²) in [5.74, 6) is -0.385. The van der Waals surface area contributed by atoms with Crippen molar-refractivity contribution in [3.8, 4) is 0 Å². The van der Waals surface area contributed by atoms with Gasteiger partial charge in [-0.3, -0.25) is 0 Å². The third-order valence-corrected chi connectivity index (χ3v) is 3.52. The highest BCUT2D eigenvalue weighted by molar-refractivity contribution is 5.74. The van der Waals surface area contributed by atoms with Crippen LogP contribution in [0.25, 0.3) is 0 Å². The van der Waals surface area contributed by atoms with Crippen LogP contribution in [-0.2, 0) is 13.0 Å². The molecule has 0 bridgehead atoms. The van der Waals surface area contributed by atoms with E-state index < -0.39 is 17.7 Å². The number of urea groups is 1. The number of nitrogens with one attached hydrogen (secondary N) is 2. The fourth-order valence-electron chi connectivity index (χ4n) is 2.28. The molecule has 0 aliphatic rings. The number of carbonyl (C=O) groups is 1. The summed E-state index contributed by atoms with van der Waals surface area (Å²) in [6.07, 6.45) is 0.572. The van der Waals surface area contributed by atoms with Gasteiger partial charge >= 0.3 is 6.03 Å². The molecule has 0 spiro atoms. The summed E-state index contributed by atoms with van der Waals surface area (Å²) in [5.41, 5.74) is 1.84. The molecule has 2 aromatic rings. The van der Waals surface area contributed by atoms with Crippen molar-refractivity contribution in [3.63, 3.8) is 0 Å². The van der Waals surface area contributed by atoms with Crippen molar-refractivity contribution >= 4 is 6.03 Å². The minimum Gasteiger partial charge on any atom is -0.361 e. The molecule has 0 fully saturated rings. The van der Waals surface area contributed by atoms with E-state index in [2.05, 4.69) is 15.8 Å². The minimum absolute atomic E-state index is 0.0898. The summed E-state index contributed by atoms with van der Waals surface area (Å²) >= 11 is 0. The zero-order valence-electron chi connectivity index (χ0n) is 13.2.